The number of nitrogens with one attached hydrogen (secondary N) is 1. The smallest absolute Gasteiger partial charge is 0.239 e. The van der Waals surface area contributed by atoms with Crippen molar-refractivity contribution in [3.8, 4) is 0 Å². The van der Waals surface area contributed by atoms with Gasteiger partial charge in [0.2, 0.25) is 5.91 Å². The fraction of sp³-hybridized carbons (Fsp3) is 0.929. The zero-order valence-electron chi connectivity index (χ0n) is 12.1. The van der Waals surface area contributed by atoms with E-state index >= 15 is 0 Å². The van der Waals surface area contributed by atoms with Gasteiger partial charge in [-0.3, -0.25) is 9.69 Å². The lowest BCUT2D eigenvalue weighted by molar-refractivity contribution is -0.137. The van der Waals surface area contributed by atoms with Gasteiger partial charge in [0, 0.05) is 31.7 Å². The molecular formula is C14H27N3O. The molecule has 2 aliphatic heterocycles. The van der Waals surface area contributed by atoms with E-state index < -0.39 is 0 Å². The highest BCUT2D eigenvalue weighted by atomic mass is 16.2. The Labute approximate surface area is 111 Å². The first-order valence-corrected chi connectivity index (χ1v) is 7.28. The lowest BCUT2D eigenvalue weighted by Crippen LogP contribution is -2.56. The Morgan fingerprint density at radius 1 is 1.39 bits per heavy atom. The van der Waals surface area contributed by atoms with E-state index in [0.29, 0.717) is 18.1 Å². The van der Waals surface area contributed by atoms with Gasteiger partial charge in [-0.15, -0.1) is 0 Å². The summed E-state index contributed by atoms with van der Waals surface area (Å²) in [6.45, 7) is 4.91. The summed E-state index contributed by atoms with van der Waals surface area (Å²) in [7, 11) is 3.96. The number of amides is 1. The molecule has 4 heteroatoms. The molecule has 3 unspecified atom stereocenters. The molecule has 2 aliphatic rings. The van der Waals surface area contributed by atoms with E-state index in [1.165, 1.54) is 25.7 Å². The fourth-order valence-electron chi connectivity index (χ4n) is 3.68. The highest BCUT2D eigenvalue weighted by molar-refractivity contribution is 5.81. The van der Waals surface area contributed by atoms with Crippen molar-refractivity contribution in [2.24, 2.45) is 0 Å². The monoisotopic (exact) mass is 253 g/mol. The van der Waals surface area contributed by atoms with Gasteiger partial charge in [-0.05, 0) is 46.6 Å². The second-order valence-electron chi connectivity index (χ2n) is 5.82. The summed E-state index contributed by atoms with van der Waals surface area (Å²) >= 11 is 0. The molecule has 18 heavy (non-hydrogen) atoms. The van der Waals surface area contributed by atoms with Gasteiger partial charge in [-0.2, -0.15) is 0 Å². The summed E-state index contributed by atoms with van der Waals surface area (Å²) in [5, 5.41) is 3.41. The number of likely N-dealkylation sites (N-methyl/N-ethyl adjacent to an activating group) is 1. The molecule has 0 radical (unpaired) electrons. The highest BCUT2D eigenvalue weighted by Gasteiger charge is 2.44. The van der Waals surface area contributed by atoms with Crippen molar-refractivity contribution >= 4 is 5.91 Å². The van der Waals surface area contributed by atoms with Crippen LogP contribution in [0.3, 0.4) is 0 Å². The van der Waals surface area contributed by atoms with E-state index in [1.807, 2.05) is 18.9 Å². The molecule has 2 heterocycles. The van der Waals surface area contributed by atoms with Crippen molar-refractivity contribution in [1.82, 2.24) is 15.1 Å². The first-order chi connectivity index (χ1) is 8.58. The van der Waals surface area contributed by atoms with Crippen LogP contribution in [0.4, 0.5) is 0 Å². The summed E-state index contributed by atoms with van der Waals surface area (Å²) < 4.78 is 0. The topological polar surface area (TPSA) is 35.6 Å². The lowest BCUT2D eigenvalue weighted by Gasteiger charge is -2.42. The van der Waals surface area contributed by atoms with Crippen molar-refractivity contribution < 1.29 is 4.79 Å². The number of carbonyl (C=O) groups is 1. The number of fused-ring (bicyclic) bond motifs is 2. The van der Waals surface area contributed by atoms with Gasteiger partial charge in [0.25, 0.3) is 0 Å². The first-order valence-electron chi connectivity index (χ1n) is 7.28. The van der Waals surface area contributed by atoms with Crippen LogP contribution < -0.4 is 5.32 Å². The SMILES string of the molecule is CCN(C)C(=O)C(C)N1C2CCC1CC(NC)C2. The van der Waals surface area contributed by atoms with Crippen LogP contribution in [0.2, 0.25) is 0 Å². The van der Waals surface area contributed by atoms with Crippen LogP contribution in [0, 0.1) is 0 Å². The van der Waals surface area contributed by atoms with Crippen LogP contribution in [-0.4, -0.2) is 60.5 Å². The molecule has 0 saturated carbocycles. The average Bonchev–Trinajstić information content (AvgIpc) is 2.66. The molecule has 2 fully saturated rings. The summed E-state index contributed by atoms with van der Waals surface area (Å²) in [6, 6.07) is 1.89. The molecule has 1 N–H and O–H groups in total. The molecule has 0 aromatic rings. The van der Waals surface area contributed by atoms with Crippen molar-refractivity contribution in [2.75, 3.05) is 20.6 Å². The van der Waals surface area contributed by atoms with Crippen LogP contribution in [-0.2, 0) is 4.79 Å². The zero-order chi connectivity index (χ0) is 13.3. The molecular weight excluding hydrogens is 226 g/mol. The summed E-state index contributed by atoms with van der Waals surface area (Å²) in [6.07, 6.45) is 4.91. The fourth-order valence-corrected chi connectivity index (χ4v) is 3.68. The van der Waals surface area contributed by atoms with E-state index in [0.717, 1.165) is 6.54 Å². The van der Waals surface area contributed by atoms with Gasteiger partial charge >= 0.3 is 0 Å². The first kappa shape index (κ1) is 13.8. The normalized spacial score (nSPS) is 33.4. The molecule has 0 aliphatic carbocycles. The minimum Gasteiger partial charge on any atom is -0.345 e. The number of hydrogen-bond donors (Lipinski definition) is 1. The van der Waals surface area contributed by atoms with Gasteiger partial charge in [0.1, 0.15) is 0 Å². The van der Waals surface area contributed by atoms with Gasteiger partial charge in [-0.1, -0.05) is 0 Å². The number of nitrogens with zero attached hydrogens (tertiary/aromatic N) is 2. The number of hydrogen-bond acceptors (Lipinski definition) is 3. The minimum absolute atomic E-state index is 0.0465. The van der Waals surface area contributed by atoms with Crippen molar-refractivity contribution in [2.45, 2.75) is 63.7 Å². The Bertz CT molecular complexity index is 293. The Balaban J connectivity index is 2.04. The molecule has 2 rings (SSSR count). The molecule has 3 atom stereocenters. The quantitative estimate of drug-likeness (QED) is 0.814. The molecule has 1 amide bonds. The predicted molar refractivity (Wildman–Crippen MR) is 73.5 cm³/mol. The zero-order valence-corrected chi connectivity index (χ0v) is 12.1. The Morgan fingerprint density at radius 2 is 1.94 bits per heavy atom. The van der Waals surface area contributed by atoms with Gasteiger partial charge in [0.15, 0.2) is 0 Å². The van der Waals surface area contributed by atoms with Crippen LogP contribution in [0.15, 0.2) is 0 Å². The van der Waals surface area contributed by atoms with Gasteiger partial charge in [0.05, 0.1) is 6.04 Å². The molecule has 2 bridgehead atoms. The highest BCUT2D eigenvalue weighted by Crippen LogP contribution is 2.37. The molecule has 4 nitrogen and oxygen atoms in total. The number of rotatable bonds is 4. The maximum atomic E-state index is 12.3. The third-order valence-corrected chi connectivity index (χ3v) is 4.85. The van der Waals surface area contributed by atoms with Crippen molar-refractivity contribution in [1.29, 1.82) is 0 Å². The maximum absolute atomic E-state index is 12.3. The second kappa shape index (κ2) is 5.57. The Morgan fingerprint density at radius 3 is 2.39 bits per heavy atom. The average molecular weight is 253 g/mol. The third-order valence-electron chi connectivity index (χ3n) is 4.85. The number of carbonyl (C=O) groups excluding carboxylic acids is 1. The van der Waals surface area contributed by atoms with E-state index in [1.54, 1.807) is 0 Å². The Kier molecular flexibility index (Phi) is 4.28. The molecule has 104 valence electrons. The Hall–Kier alpha value is -0.610. The van der Waals surface area contributed by atoms with Gasteiger partial charge in [-0.25, -0.2) is 0 Å². The predicted octanol–water partition coefficient (Wildman–Crippen LogP) is 1.07. The van der Waals surface area contributed by atoms with Crippen molar-refractivity contribution in [3.63, 3.8) is 0 Å². The molecule has 2 saturated heterocycles. The summed E-state index contributed by atoms with van der Waals surface area (Å²) in [4.78, 5) is 16.6. The summed E-state index contributed by atoms with van der Waals surface area (Å²) in [5.41, 5.74) is 0. The van der Waals surface area contributed by atoms with E-state index in [2.05, 4.69) is 24.2 Å². The largest absolute Gasteiger partial charge is 0.345 e. The minimum atomic E-state index is 0.0465. The van der Waals surface area contributed by atoms with E-state index in [9.17, 15) is 4.79 Å². The number of piperidine rings is 1. The molecule has 0 aromatic heterocycles. The van der Waals surface area contributed by atoms with Crippen LogP contribution >= 0.6 is 0 Å². The summed E-state index contributed by atoms with van der Waals surface area (Å²) in [5.74, 6) is 0.275. The molecule has 0 spiro atoms. The van der Waals surface area contributed by atoms with E-state index in [-0.39, 0.29) is 11.9 Å². The van der Waals surface area contributed by atoms with Crippen LogP contribution in [0.25, 0.3) is 0 Å². The standard InChI is InChI=1S/C14H27N3O/c1-5-16(4)14(18)10(2)17-12-6-7-13(17)9-11(8-12)15-3/h10-13,15H,5-9H2,1-4H3. The maximum Gasteiger partial charge on any atom is 0.239 e. The lowest BCUT2D eigenvalue weighted by atomic mass is 9.95. The molecule has 0 aromatic carbocycles. The van der Waals surface area contributed by atoms with Crippen LogP contribution in [0.5, 0.6) is 0 Å². The van der Waals surface area contributed by atoms with E-state index in [4.69, 9.17) is 0 Å². The van der Waals surface area contributed by atoms with Crippen LogP contribution in [0.1, 0.15) is 39.5 Å². The van der Waals surface area contributed by atoms with Gasteiger partial charge < -0.3 is 10.2 Å². The second-order valence-corrected chi connectivity index (χ2v) is 5.82. The third kappa shape index (κ3) is 2.41. The van der Waals surface area contributed by atoms with Crippen molar-refractivity contribution in [3.05, 3.63) is 0 Å².